The summed E-state index contributed by atoms with van der Waals surface area (Å²) in [5.74, 6) is 1.40. The lowest BCUT2D eigenvalue weighted by Gasteiger charge is -2.37. The molecule has 3 heterocycles. The molecule has 1 N–H and O–H groups in total. The van der Waals surface area contributed by atoms with Gasteiger partial charge in [-0.25, -0.2) is 0 Å². The number of nitrogens with zero attached hydrogens (tertiary/aromatic N) is 3. The number of aromatic nitrogens is 2. The molecule has 31 heavy (non-hydrogen) atoms. The summed E-state index contributed by atoms with van der Waals surface area (Å²) >= 11 is 1.70. The molecule has 0 aliphatic carbocycles. The zero-order chi connectivity index (χ0) is 22.1. The normalized spacial score (nSPS) is 16.1. The molecule has 3 aromatic rings. The van der Waals surface area contributed by atoms with Crippen LogP contribution in [0.3, 0.4) is 0 Å². The van der Waals surface area contributed by atoms with E-state index in [4.69, 9.17) is 9.47 Å². The second kappa shape index (κ2) is 8.72. The molecule has 0 spiro atoms. The van der Waals surface area contributed by atoms with Crippen LogP contribution in [-0.4, -0.2) is 47.9 Å². The molecule has 1 atom stereocenters. The number of fused-ring (bicyclic) bond motifs is 1. The number of aryl methyl sites for hydroxylation is 2. The fourth-order valence-electron chi connectivity index (χ4n) is 4.27. The summed E-state index contributed by atoms with van der Waals surface area (Å²) in [5.41, 5.74) is 4.95. The van der Waals surface area contributed by atoms with E-state index < -0.39 is 0 Å². The molecule has 1 aliphatic heterocycles. The lowest BCUT2D eigenvalue weighted by Crippen LogP contribution is -2.41. The molecule has 8 heteroatoms. The van der Waals surface area contributed by atoms with E-state index >= 15 is 0 Å². The minimum absolute atomic E-state index is 0.00889. The molecule has 0 saturated heterocycles. The summed E-state index contributed by atoms with van der Waals surface area (Å²) in [6.45, 7) is 4.95. The number of ether oxygens (including phenoxy) is 2. The van der Waals surface area contributed by atoms with Gasteiger partial charge in [0.05, 0.1) is 43.9 Å². The second-order valence-electron chi connectivity index (χ2n) is 7.76. The maximum atomic E-state index is 13.0. The Balaban J connectivity index is 1.64. The van der Waals surface area contributed by atoms with Gasteiger partial charge in [-0.3, -0.25) is 14.4 Å². The van der Waals surface area contributed by atoms with Crippen LogP contribution in [0.25, 0.3) is 0 Å². The Hall–Kier alpha value is -2.84. The van der Waals surface area contributed by atoms with Gasteiger partial charge in [0, 0.05) is 18.5 Å². The van der Waals surface area contributed by atoms with Crippen LogP contribution in [0.4, 0.5) is 5.69 Å². The van der Waals surface area contributed by atoms with Crippen molar-refractivity contribution in [2.75, 3.05) is 32.6 Å². The first-order chi connectivity index (χ1) is 14.9. The predicted octanol–water partition coefficient (Wildman–Crippen LogP) is 3.70. The van der Waals surface area contributed by atoms with E-state index in [1.165, 1.54) is 10.4 Å². The first-order valence-electron chi connectivity index (χ1n) is 10.2. The van der Waals surface area contributed by atoms with Gasteiger partial charge in [0.2, 0.25) is 5.91 Å². The van der Waals surface area contributed by atoms with Crippen molar-refractivity contribution in [3.8, 4) is 11.5 Å². The quantitative estimate of drug-likeness (QED) is 0.633. The largest absolute Gasteiger partial charge is 0.493 e. The van der Waals surface area contributed by atoms with Crippen molar-refractivity contribution in [2.45, 2.75) is 26.3 Å². The van der Waals surface area contributed by atoms with Crippen LogP contribution >= 0.6 is 11.3 Å². The Kier molecular flexibility index (Phi) is 6.02. The zero-order valence-electron chi connectivity index (χ0n) is 18.6. The Morgan fingerprint density at radius 3 is 2.61 bits per heavy atom. The number of thiophene rings is 1. The second-order valence-corrected chi connectivity index (χ2v) is 8.74. The van der Waals surface area contributed by atoms with Crippen LogP contribution in [0, 0.1) is 13.8 Å². The molecule has 7 nitrogen and oxygen atoms in total. The number of anilines is 1. The Bertz CT molecular complexity index is 1090. The van der Waals surface area contributed by atoms with Gasteiger partial charge in [-0.15, -0.1) is 11.3 Å². The molecule has 2 aromatic heterocycles. The maximum absolute atomic E-state index is 13.0. The predicted molar refractivity (Wildman–Crippen MR) is 122 cm³/mol. The topological polar surface area (TPSA) is 68.6 Å². The molecular formula is C23H28N4O3S. The summed E-state index contributed by atoms with van der Waals surface area (Å²) < 4.78 is 12.9. The highest BCUT2D eigenvalue weighted by Crippen LogP contribution is 2.42. The summed E-state index contributed by atoms with van der Waals surface area (Å²) in [5, 5.41) is 9.54. The van der Waals surface area contributed by atoms with Gasteiger partial charge in [0.15, 0.2) is 11.5 Å². The number of methoxy groups -OCH3 is 2. The highest BCUT2D eigenvalue weighted by molar-refractivity contribution is 7.10. The van der Waals surface area contributed by atoms with E-state index in [1.807, 2.05) is 20.9 Å². The number of rotatable bonds is 6. The average Bonchev–Trinajstić information content (AvgIpc) is 3.37. The van der Waals surface area contributed by atoms with E-state index in [1.54, 1.807) is 30.2 Å². The SMILES string of the molecule is COc1cc2c(cc1OC)[C@@H](c1cccs1)N(CC(=O)Nc1c(C)nn(C)c1C)CC2. The minimum Gasteiger partial charge on any atom is -0.493 e. The summed E-state index contributed by atoms with van der Waals surface area (Å²) in [6.07, 6.45) is 0.843. The van der Waals surface area contributed by atoms with Crippen LogP contribution in [0.5, 0.6) is 11.5 Å². The third-order valence-electron chi connectivity index (χ3n) is 5.91. The summed E-state index contributed by atoms with van der Waals surface area (Å²) in [6, 6.07) is 8.29. The Morgan fingerprint density at radius 1 is 1.26 bits per heavy atom. The minimum atomic E-state index is -0.0373. The van der Waals surface area contributed by atoms with Crippen molar-refractivity contribution in [1.29, 1.82) is 0 Å². The maximum Gasteiger partial charge on any atom is 0.238 e. The van der Waals surface area contributed by atoms with Gasteiger partial charge in [-0.1, -0.05) is 6.07 Å². The van der Waals surface area contributed by atoms with Crippen molar-refractivity contribution in [2.24, 2.45) is 7.05 Å². The molecule has 0 fully saturated rings. The molecule has 0 saturated carbocycles. The van der Waals surface area contributed by atoms with Gasteiger partial charge in [-0.05, 0) is 55.0 Å². The van der Waals surface area contributed by atoms with E-state index in [9.17, 15) is 4.79 Å². The Morgan fingerprint density at radius 2 is 2.00 bits per heavy atom. The van der Waals surface area contributed by atoms with E-state index in [0.717, 1.165) is 41.4 Å². The van der Waals surface area contributed by atoms with Gasteiger partial charge in [0.1, 0.15) is 0 Å². The average molecular weight is 441 g/mol. The van der Waals surface area contributed by atoms with Crippen LogP contribution < -0.4 is 14.8 Å². The fraction of sp³-hybridized carbons (Fsp3) is 0.391. The monoisotopic (exact) mass is 440 g/mol. The lowest BCUT2D eigenvalue weighted by molar-refractivity contribution is -0.117. The van der Waals surface area contributed by atoms with Gasteiger partial charge < -0.3 is 14.8 Å². The number of carbonyl (C=O) groups is 1. The molecular weight excluding hydrogens is 412 g/mol. The number of hydrogen-bond acceptors (Lipinski definition) is 6. The van der Waals surface area contributed by atoms with E-state index in [0.29, 0.717) is 12.3 Å². The van der Waals surface area contributed by atoms with Gasteiger partial charge >= 0.3 is 0 Å². The molecule has 0 radical (unpaired) electrons. The molecule has 4 rings (SSSR count). The third kappa shape index (κ3) is 4.05. The number of hydrogen-bond donors (Lipinski definition) is 1. The first kappa shape index (κ1) is 21.4. The first-order valence-corrected chi connectivity index (χ1v) is 11.1. The van der Waals surface area contributed by atoms with Crippen LogP contribution in [0.1, 0.15) is 33.4 Å². The number of benzene rings is 1. The summed E-state index contributed by atoms with van der Waals surface area (Å²) in [7, 11) is 5.19. The van der Waals surface area contributed by atoms with E-state index in [2.05, 4.69) is 45.0 Å². The van der Waals surface area contributed by atoms with Crippen molar-refractivity contribution >= 4 is 22.9 Å². The van der Waals surface area contributed by atoms with E-state index in [-0.39, 0.29) is 11.9 Å². The van der Waals surface area contributed by atoms with Crippen molar-refractivity contribution in [3.05, 3.63) is 57.0 Å². The highest BCUT2D eigenvalue weighted by atomic mass is 32.1. The van der Waals surface area contributed by atoms with Crippen molar-refractivity contribution in [1.82, 2.24) is 14.7 Å². The number of amides is 1. The third-order valence-corrected chi connectivity index (χ3v) is 6.83. The van der Waals surface area contributed by atoms with Gasteiger partial charge in [0.25, 0.3) is 0 Å². The van der Waals surface area contributed by atoms with Crippen molar-refractivity contribution < 1.29 is 14.3 Å². The lowest BCUT2D eigenvalue weighted by atomic mass is 9.91. The fourth-order valence-corrected chi connectivity index (χ4v) is 5.14. The van der Waals surface area contributed by atoms with Crippen LogP contribution in [-0.2, 0) is 18.3 Å². The molecule has 0 bridgehead atoms. The number of nitrogens with one attached hydrogen (secondary N) is 1. The highest BCUT2D eigenvalue weighted by Gasteiger charge is 2.32. The summed E-state index contributed by atoms with van der Waals surface area (Å²) in [4.78, 5) is 16.4. The number of carbonyl (C=O) groups excluding carboxylic acids is 1. The van der Waals surface area contributed by atoms with Crippen LogP contribution in [0.2, 0.25) is 0 Å². The Labute approximate surface area is 186 Å². The molecule has 1 aliphatic rings. The van der Waals surface area contributed by atoms with Crippen molar-refractivity contribution in [3.63, 3.8) is 0 Å². The molecule has 1 amide bonds. The van der Waals surface area contributed by atoms with Crippen LogP contribution in [0.15, 0.2) is 29.6 Å². The molecule has 164 valence electrons. The molecule has 1 aromatic carbocycles. The standard InChI is InChI=1S/C23H28N4O3S/c1-14-22(15(2)26(3)25-14)24-21(28)13-27-9-8-16-11-18(29-4)19(30-5)12-17(16)23(27)20-7-6-10-31-20/h6-7,10-12,23H,8-9,13H2,1-5H3,(H,24,28)/t23-/m0/s1. The van der Waals surface area contributed by atoms with Gasteiger partial charge in [-0.2, -0.15) is 5.10 Å². The molecule has 0 unspecified atom stereocenters. The smallest absolute Gasteiger partial charge is 0.238 e. The zero-order valence-corrected chi connectivity index (χ0v) is 19.4.